The lowest BCUT2D eigenvalue weighted by atomic mass is 10.2. The Hall–Kier alpha value is -0.480. The third kappa shape index (κ3) is 2.37. The Morgan fingerprint density at radius 3 is 3.13 bits per heavy atom. The number of nitrogens with zero attached hydrogens (tertiary/aromatic N) is 2. The zero-order valence-electron chi connectivity index (χ0n) is 9.66. The normalized spacial score (nSPS) is 26.9. The Morgan fingerprint density at radius 2 is 2.47 bits per heavy atom. The quantitative estimate of drug-likeness (QED) is 0.836. The molecule has 2 rings (SSSR count). The fourth-order valence-corrected chi connectivity index (χ4v) is 3.41. The van der Waals surface area contributed by atoms with Crippen LogP contribution in [0.4, 0.5) is 0 Å². The number of rotatable bonds is 2. The molecule has 0 aromatic carbocycles. The largest absolute Gasteiger partial charge is 0.299 e. The summed E-state index contributed by atoms with van der Waals surface area (Å²) < 4.78 is 1.93. The van der Waals surface area contributed by atoms with Gasteiger partial charge in [0.25, 0.3) is 0 Å². The van der Waals surface area contributed by atoms with Gasteiger partial charge in [0.1, 0.15) is 0 Å². The van der Waals surface area contributed by atoms with Gasteiger partial charge in [0.05, 0.1) is 11.1 Å². The Balaban J connectivity index is 2.19. The molecule has 0 spiro atoms. The van der Waals surface area contributed by atoms with Crippen molar-refractivity contribution in [3.05, 3.63) is 17.5 Å². The van der Waals surface area contributed by atoms with Crippen LogP contribution in [0.1, 0.15) is 36.9 Å². The van der Waals surface area contributed by atoms with Gasteiger partial charge in [-0.15, -0.1) is 11.8 Å². The molecule has 1 aromatic rings. The lowest BCUT2D eigenvalue weighted by Gasteiger charge is -2.28. The van der Waals surface area contributed by atoms with Crippen LogP contribution in [0.15, 0.2) is 6.20 Å². The number of aromatic nitrogens is 2. The van der Waals surface area contributed by atoms with Crippen LogP contribution in [0.25, 0.3) is 0 Å². The fourth-order valence-electron chi connectivity index (χ4n) is 1.98. The minimum Gasteiger partial charge on any atom is -0.299 e. The van der Waals surface area contributed by atoms with Crippen LogP contribution in [-0.2, 0) is 13.5 Å². The number of hydrogen-bond acceptors (Lipinski definition) is 3. The van der Waals surface area contributed by atoms with Gasteiger partial charge in [0, 0.05) is 24.8 Å². The molecule has 1 aromatic heterocycles. The number of nitrogens with one attached hydrogen (secondary N) is 1. The topological polar surface area (TPSA) is 29.9 Å². The van der Waals surface area contributed by atoms with E-state index in [4.69, 9.17) is 0 Å². The van der Waals surface area contributed by atoms with Crippen LogP contribution in [0.3, 0.4) is 0 Å². The van der Waals surface area contributed by atoms with E-state index in [0.29, 0.717) is 11.4 Å². The van der Waals surface area contributed by atoms with Gasteiger partial charge in [-0.2, -0.15) is 5.10 Å². The molecule has 1 aliphatic rings. The van der Waals surface area contributed by atoms with E-state index in [-0.39, 0.29) is 0 Å². The molecular formula is C11H19N3S. The van der Waals surface area contributed by atoms with E-state index in [1.54, 1.807) is 0 Å². The van der Waals surface area contributed by atoms with Crippen molar-refractivity contribution < 1.29 is 0 Å². The first-order chi connectivity index (χ1) is 7.20. The van der Waals surface area contributed by atoms with Crippen molar-refractivity contribution in [2.75, 3.05) is 5.75 Å². The highest BCUT2D eigenvalue weighted by Crippen LogP contribution is 2.33. The first kappa shape index (κ1) is 11.0. The molecule has 0 amide bonds. The van der Waals surface area contributed by atoms with Gasteiger partial charge in [-0.05, 0) is 25.5 Å². The minimum atomic E-state index is 0.442. The van der Waals surface area contributed by atoms with E-state index in [0.717, 1.165) is 6.42 Å². The van der Waals surface area contributed by atoms with Crippen molar-refractivity contribution in [2.24, 2.45) is 7.05 Å². The van der Waals surface area contributed by atoms with Gasteiger partial charge in [-0.25, -0.2) is 0 Å². The van der Waals surface area contributed by atoms with E-state index >= 15 is 0 Å². The predicted octanol–water partition coefficient (Wildman–Crippen LogP) is 2.10. The lowest BCUT2D eigenvalue weighted by molar-refractivity contribution is 0.510. The maximum atomic E-state index is 4.49. The molecule has 3 nitrogen and oxygen atoms in total. The van der Waals surface area contributed by atoms with Gasteiger partial charge >= 0.3 is 0 Å². The highest BCUT2D eigenvalue weighted by molar-refractivity contribution is 7.99. The maximum Gasteiger partial charge on any atom is 0.0824 e. The third-order valence-electron chi connectivity index (χ3n) is 2.83. The highest BCUT2D eigenvalue weighted by Gasteiger charge is 2.23. The van der Waals surface area contributed by atoms with Crippen molar-refractivity contribution in [2.45, 2.75) is 38.1 Å². The lowest BCUT2D eigenvalue weighted by Crippen LogP contribution is -2.33. The minimum absolute atomic E-state index is 0.442. The SMILES string of the molecule is CCc1nn(C)cc1C1NC(C)CCS1. The van der Waals surface area contributed by atoms with Crippen molar-refractivity contribution >= 4 is 11.8 Å². The summed E-state index contributed by atoms with van der Waals surface area (Å²) in [6, 6.07) is 0.626. The molecule has 2 heterocycles. The van der Waals surface area contributed by atoms with Gasteiger partial charge < -0.3 is 0 Å². The van der Waals surface area contributed by atoms with Crippen LogP contribution in [0, 0.1) is 0 Å². The van der Waals surface area contributed by atoms with Gasteiger partial charge in [0.2, 0.25) is 0 Å². The smallest absolute Gasteiger partial charge is 0.0824 e. The van der Waals surface area contributed by atoms with E-state index < -0.39 is 0 Å². The highest BCUT2D eigenvalue weighted by atomic mass is 32.2. The van der Waals surface area contributed by atoms with E-state index in [1.165, 1.54) is 23.4 Å². The first-order valence-corrected chi connectivity index (χ1v) is 6.65. The molecule has 0 radical (unpaired) electrons. The summed E-state index contributed by atoms with van der Waals surface area (Å²) in [7, 11) is 2.00. The number of aryl methyl sites for hydroxylation is 2. The third-order valence-corrected chi connectivity index (χ3v) is 4.02. The summed E-state index contributed by atoms with van der Waals surface area (Å²) in [5, 5.41) is 8.57. The van der Waals surface area contributed by atoms with E-state index in [2.05, 4.69) is 30.5 Å². The van der Waals surface area contributed by atoms with Crippen LogP contribution in [0.2, 0.25) is 0 Å². The monoisotopic (exact) mass is 225 g/mol. The summed E-state index contributed by atoms with van der Waals surface area (Å²) in [5.41, 5.74) is 2.60. The molecule has 4 heteroatoms. The van der Waals surface area contributed by atoms with Crippen molar-refractivity contribution in [3.63, 3.8) is 0 Å². The second-order valence-electron chi connectivity index (χ2n) is 4.17. The van der Waals surface area contributed by atoms with Gasteiger partial charge in [-0.1, -0.05) is 6.92 Å². The van der Waals surface area contributed by atoms with Crippen LogP contribution in [-0.4, -0.2) is 21.6 Å². The zero-order chi connectivity index (χ0) is 10.8. The molecule has 84 valence electrons. The molecule has 1 fully saturated rings. The molecule has 0 saturated carbocycles. The fraction of sp³-hybridized carbons (Fsp3) is 0.727. The van der Waals surface area contributed by atoms with E-state index in [9.17, 15) is 0 Å². The van der Waals surface area contributed by atoms with Crippen molar-refractivity contribution in [1.82, 2.24) is 15.1 Å². The summed E-state index contributed by atoms with van der Waals surface area (Å²) in [4.78, 5) is 0. The van der Waals surface area contributed by atoms with Crippen molar-refractivity contribution in [1.29, 1.82) is 0 Å². The Bertz CT molecular complexity index is 335. The van der Waals surface area contributed by atoms with E-state index in [1.807, 2.05) is 23.5 Å². The number of hydrogen-bond donors (Lipinski definition) is 1. The van der Waals surface area contributed by atoms with Crippen LogP contribution < -0.4 is 5.32 Å². The molecule has 1 aliphatic heterocycles. The molecule has 15 heavy (non-hydrogen) atoms. The summed E-state index contributed by atoms with van der Waals surface area (Å²) >= 11 is 2.00. The standard InChI is InChI=1S/C11H19N3S/c1-4-10-9(7-14(3)13-10)11-12-8(2)5-6-15-11/h7-8,11-12H,4-6H2,1-3H3. The van der Waals surface area contributed by atoms with Gasteiger partial charge in [0.15, 0.2) is 0 Å². The molecular weight excluding hydrogens is 206 g/mol. The Labute approximate surface area is 95.6 Å². The summed E-state index contributed by atoms with van der Waals surface area (Å²) in [5.74, 6) is 1.25. The summed E-state index contributed by atoms with van der Waals surface area (Å²) in [6.45, 7) is 4.43. The zero-order valence-corrected chi connectivity index (χ0v) is 10.5. The molecule has 1 N–H and O–H groups in total. The Morgan fingerprint density at radius 1 is 1.67 bits per heavy atom. The van der Waals surface area contributed by atoms with Crippen molar-refractivity contribution in [3.8, 4) is 0 Å². The molecule has 2 atom stereocenters. The second kappa shape index (κ2) is 4.58. The second-order valence-corrected chi connectivity index (χ2v) is 5.38. The summed E-state index contributed by atoms with van der Waals surface area (Å²) in [6.07, 6.45) is 4.44. The molecule has 0 bridgehead atoms. The number of thioether (sulfide) groups is 1. The van der Waals surface area contributed by atoms with Crippen LogP contribution in [0.5, 0.6) is 0 Å². The van der Waals surface area contributed by atoms with Gasteiger partial charge in [-0.3, -0.25) is 10.00 Å². The maximum absolute atomic E-state index is 4.49. The Kier molecular flexibility index (Phi) is 3.36. The average molecular weight is 225 g/mol. The van der Waals surface area contributed by atoms with Crippen LogP contribution >= 0.6 is 11.8 Å². The first-order valence-electron chi connectivity index (χ1n) is 5.60. The molecule has 0 aliphatic carbocycles. The molecule has 1 saturated heterocycles. The molecule has 2 unspecified atom stereocenters. The predicted molar refractivity (Wildman–Crippen MR) is 65.0 cm³/mol. The average Bonchev–Trinajstić information content (AvgIpc) is 2.59.